The molecule has 0 aliphatic heterocycles. The van der Waals surface area contributed by atoms with Crippen LogP contribution < -0.4 is 0 Å². The Morgan fingerprint density at radius 3 is 1.92 bits per heavy atom. The first-order valence-corrected chi connectivity index (χ1v) is 26.3. The Hall–Kier alpha value is 0.531. The van der Waals surface area contributed by atoms with Gasteiger partial charge in [0, 0.05) is 11.5 Å². The molecular formula is C33H66O3Si3. The molecule has 0 spiro atoms. The van der Waals surface area contributed by atoms with Crippen molar-refractivity contribution < 1.29 is 13.3 Å². The lowest BCUT2D eigenvalue weighted by molar-refractivity contribution is -0.175. The van der Waals surface area contributed by atoms with Crippen molar-refractivity contribution in [3.63, 3.8) is 0 Å². The average Bonchev–Trinajstić information content (AvgIpc) is 3.04. The topological polar surface area (TPSA) is 27.7 Å². The molecule has 0 aromatic heterocycles. The second kappa shape index (κ2) is 10.3. The van der Waals surface area contributed by atoms with E-state index in [1.165, 1.54) is 57.8 Å². The van der Waals surface area contributed by atoms with E-state index < -0.39 is 25.0 Å². The summed E-state index contributed by atoms with van der Waals surface area (Å²) in [4.78, 5) is 0. The Morgan fingerprint density at radius 1 is 0.744 bits per heavy atom. The second-order valence-corrected chi connectivity index (χ2v) is 32.0. The molecule has 4 fully saturated rings. The van der Waals surface area contributed by atoms with E-state index in [4.69, 9.17) is 13.3 Å². The van der Waals surface area contributed by atoms with Gasteiger partial charge in [-0.1, -0.05) is 34.6 Å². The zero-order valence-corrected chi connectivity index (χ0v) is 31.6. The van der Waals surface area contributed by atoms with Crippen molar-refractivity contribution >= 4 is 25.0 Å². The van der Waals surface area contributed by atoms with Crippen LogP contribution in [0.3, 0.4) is 0 Å². The van der Waals surface area contributed by atoms with Crippen LogP contribution in [0.5, 0.6) is 0 Å². The summed E-state index contributed by atoms with van der Waals surface area (Å²) in [6.45, 7) is 34.1. The van der Waals surface area contributed by atoms with Gasteiger partial charge < -0.3 is 13.3 Å². The molecule has 0 aromatic rings. The van der Waals surface area contributed by atoms with E-state index in [9.17, 15) is 0 Å². The largest absolute Gasteiger partial charge is 0.415 e. The predicted molar refractivity (Wildman–Crippen MR) is 175 cm³/mol. The minimum atomic E-state index is -1.91. The minimum absolute atomic E-state index is 0.150. The van der Waals surface area contributed by atoms with Gasteiger partial charge >= 0.3 is 0 Å². The van der Waals surface area contributed by atoms with Gasteiger partial charge in [-0.2, -0.15) is 0 Å². The summed E-state index contributed by atoms with van der Waals surface area (Å²) in [5, 5.41) is 0.211. The maximum absolute atomic E-state index is 7.47. The first-order valence-electron chi connectivity index (χ1n) is 16.6. The van der Waals surface area contributed by atoms with E-state index in [0.717, 1.165) is 23.7 Å². The number of rotatable bonds is 7. The Kier molecular flexibility index (Phi) is 8.58. The molecule has 3 nitrogen and oxygen atoms in total. The molecule has 0 amide bonds. The summed E-state index contributed by atoms with van der Waals surface area (Å²) in [5.74, 6) is 3.35. The molecule has 0 heterocycles. The third-order valence-corrected chi connectivity index (χ3v) is 19.3. The maximum Gasteiger partial charge on any atom is 0.192 e. The Bertz CT molecular complexity index is 886. The van der Waals surface area contributed by atoms with E-state index in [0.29, 0.717) is 11.5 Å². The fourth-order valence-electron chi connectivity index (χ4n) is 10.0. The van der Waals surface area contributed by atoms with Crippen LogP contribution in [-0.2, 0) is 13.3 Å². The quantitative estimate of drug-likeness (QED) is 0.274. The molecule has 4 saturated carbocycles. The highest BCUT2D eigenvalue weighted by Crippen LogP contribution is 2.70. The number of hydrogen-bond donors (Lipinski definition) is 0. The molecule has 39 heavy (non-hydrogen) atoms. The molecule has 4 aliphatic rings. The van der Waals surface area contributed by atoms with Crippen LogP contribution in [0.15, 0.2) is 0 Å². The van der Waals surface area contributed by atoms with Gasteiger partial charge in [-0.25, -0.2) is 0 Å². The second-order valence-electron chi connectivity index (χ2n) is 18.4. The molecule has 9 atom stereocenters. The van der Waals surface area contributed by atoms with Gasteiger partial charge in [-0.05, 0) is 151 Å². The standard InChI is InChI=1S/C33H66O3Si3/c1-24(34-39(13,14)30(2,3)4)33(36-38(10,11)12)22-19-29-27-16-15-25-23-26(35-37(7,8)9)17-20-31(25,5)28(27)18-21-32(29,33)6/h24-29H,15-23H2,1-14H3/t24-,25+,26+,27?,28?,29?,31?,32?,33-/m0/s1. The number of hydrogen-bond acceptors (Lipinski definition) is 3. The minimum Gasteiger partial charge on any atom is -0.415 e. The third-order valence-electron chi connectivity index (χ3n) is 12.7. The van der Waals surface area contributed by atoms with Crippen molar-refractivity contribution in [2.45, 2.75) is 175 Å². The highest BCUT2D eigenvalue weighted by atomic mass is 28.4. The fraction of sp³-hybridized carbons (Fsp3) is 1.00. The molecular weight excluding hydrogens is 529 g/mol. The Morgan fingerprint density at radius 2 is 1.36 bits per heavy atom. The van der Waals surface area contributed by atoms with Crippen molar-refractivity contribution in [2.75, 3.05) is 0 Å². The van der Waals surface area contributed by atoms with Crippen LogP contribution in [0.4, 0.5) is 0 Å². The lowest BCUT2D eigenvalue weighted by Gasteiger charge is -2.63. The highest BCUT2D eigenvalue weighted by molar-refractivity contribution is 6.74. The summed E-state index contributed by atoms with van der Waals surface area (Å²) in [7, 11) is -5.19. The van der Waals surface area contributed by atoms with Gasteiger partial charge in [0.15, 0.2) is 25.0 Å². The van der Waals surface area contributed by atoms with Gasteiger partial charge in [-0.15, -0.1) is 0 Å². The monoisotopic (exact) mass is 594 g/mol. The first-order chi connectivity index (χ1) is 17.5. The molecule has 0 N–H and O–H groups in total. The zero-order valence-electron chi connectivity index (χ0n) is 28.6. The van der Waals surface area contributed by atoms with Crippen LogP contribution in [0, 0.1) is 34.5 Å². The van der Waals surface area contributed by atoms with Crippen molar-refractivity contribution in [3.8, 4) is 0 Å². The zero-order chi connectivity index (χ0) is 29.4. The Labute approximate surface area is 246 Å². The molecule has 0 bridgehead atoms. The normalized spacial score (nSPS) is 42.5. The van der Waals surface area contributed by atoms with Crippen molar-refractivity contribution in [1.29, 1.82) is 0 Å². The van der Waals surface area contributed by atoms with E-state index in [-0.39, 0.29) is 22.2 Å². The van der Waals surface area contributed by atoms with Crippen molar-refractivity contribution in [2.24, 2.45) is 34.5 Å². The van der Waals surface area contributed by atoms with E-state index in [1.807, 2.05) is 0 Å². The first kappa shape index (κ1) is 32.4. The van der Waals surface area contributed by atoms with Gasteiger partial charge in [0.05, 0.1) is 11.7 Å². The van der Waals surface area contributed by atoms with Gasteiger partial charge in [0.2, 0.25) is 0 Å². The summed E-state index contributed by atoms with van der Waals surface area (Å²) >= 11 is 0. The van der Waals surface area contributed by atoms with Crippen LogP contribution in [-0.4, -0.2) is 42.8 Å². The van der Waals surface area contributed by atoms with Gasteiger partial charge in [0.1, 0.15) is 0 Å². The predicted octanol–water partition coefficient (Wildman–Crippen LogP) is 10.2. The Balaban J connectivity index is 1.61. The smallest absolute Gasteiger partial charge is 0.192 e. The highest BCUT2D eigenvalue weighted by Gasteiger charge is 2.68. The average molecular weight is 595 g/mol. The van der Waals surface area contributed by atoms with E-state index >= 15 is 0 Å². The fourth-order valence-corrected chi connectivity index (χ4v) is 14.3. The van der Waals surface area contributed by atoms with Crippen LogP contribution >= 0.6 is 0 Å². The van der Waals surface area contributed by atoms with Gasteiger partial charge in [0.25, 0.3) is 0 Å². The SMILES string of the molecule is C[C@H](O[Si](C)(C)C(C)(C)C)[C@@]1(O[Si](C)(C)C)CCC2C3CC[C@@H]4C[C@H](O[Si](C)(C)C)CCC4(C)C3CCC21C. The molecule has 0 aromatic carbocycles. The van der Waals surface area contributed by atoms with E-state index in [2.05, 4.69) is 93.9 Å². The molecule has 0 saturated heterocycles. The van der Waals surface area contributed by atoms with Crippen LogP contribution in [0.25, 0.3) is 0 Å². The molecule has 228 valence electrons. The number of fused-ring (bicyclic) bond motifs is 5. The summed E-state index contributed by atoms with van der Waals surface area (Å²) < 4.78 is 21.4. The molecule has 6 heteroatoms. The van der Waals surface area contributed by atoms with Crippen molar-refractivity contribution in [3.05, 3.63) is 0 Å². The maximum atomic E-state index is 7.47. The summed E-state index contributed by atoms with van der Waals surface area (Å²) in [5.41, 5.74) is 0.554. The summed E-state index contributed by atoms with van der Waals surface area (Å²) in [6.07, 6.45) is 12.7. The summed E-state index contributed by atoms with van der Waals surface area (Å²) in [6, 6.07) is 0. The molecule has 5 unspecified atom stereocenters. The van der Waals surface area contributed by atoms with Gasteiger partial charge in [-0.3, -0.25) is 0 Å². The lowest BCUT2D eigenvalue weighted by atomic mass is 9.44. The van der Waals surface area contributed by atoms with E-state index in [1.54, 1.807) is 0 Å². The van der Waals surface area contributed by atoms with Crippen LogP contribution in [0.2, 0.25) is 57.4 Å². The van der Waals surface area contributed by atoms with Crippen LogP contribution in [0.1, 0.15) is 99.3 Å². The molecule has 4 rings (SSSR count). The van der Waals surface area contributed by atoms with Crippen molar-refractivity contribution in [1.82, 2.24) is 0 Å². The third kappa shape index (κ3) is 5.88. The lowest BCUT2D eigenvalue weighted by Crippen LogP contribution is -2.64. The molecule has 0 radical (unpaired) electrons. The molecule has 4 aliphatic carbocycles.